The number of tetrazole rings is 1. The maximum absolute atomic E-state index is 10.7. The van der Waals surface area contributed by atoms with Crippen LogP contribution in [0.3, 0.4) is 0 Å². The third kappa shape index (κ3) is 11.9. The summed E-state index contributed by atoms with van der Waals surface area (Å²) < 4.78 is 0. The van der Waals surface area contributed by atoms with Crippen LogP contribution in [0.15, 0.2) is 54.7 Å². The lowest BCUT2D eigenvalue weighted by Gasteiger charge is -2.02. The van der Waals surface area contributed by atoms with Gasteiger partial charge in [0.2, 0.25) is 5.91 Å². The van der Waals surface area contributed by atoms with Gasteiger partial charge in [0.15, 0.2) is 5.82 Å². The molecule has 2 N–H and O–H groups in total. The Morgan fingerprint density at radius 2 is 1.48 bits per heavy atom. The molecule has 0 aliphatic heterocycles. The van der Waals surface area contributed by atoms with Crippen molar-refractivity contribution < 1.29 is 4.79 Å². The molecule has 33 heavy (non-hydrogen) atoms. The monoisotopic (exact) mass is 450 g/mol. The van der Waals surface area contributed by atoms with Crippen molar-refractivity contribution in [2.75, 3.05) is 0 Å². The highest BCUT2D eigenvalue weighted by Gasteiger charge is 2.05. The first-order valence-corrected chi connectivity index (χ1v) is 12.2. The van der Waals surface area contributed by atoms with Gasteiger partial charge in [-0.1, -0.05) is 101 Å². The Kier molecular flexibility index (Phi) is 13.1. The lowest BCUT2D eigenvalue weighted by atomic mass is 10.1. The zero-order valence-corrected chi connectivity index (χ0v) is 19.9. The van der Waals surface area contributed by atoms with Crippen molar-refractivity contribution in [1.29, 1.82) is 0 Å². The Morgan fingerprint density at radius 1 is 0.848 bits per heavy atom. The summed E-state index contributed by atoms with van der Waals surface area (Å²) in [5.41, 5.74) is 7.28. The van der Waals surface area contributed by atoms with Gasteiger partial charge in [-0.05, 0) is 23.8 Å². The summed E-state index contributed by atoms with van der Waals surface area (Å²) in [4.78, 5) is 16.5. The number of unbranched alkanes of at least 4 members (excludes halogenated alkanes) is 9. The lowest BCUT2D eigenvalue weighted by molar-refractivity contribution is -0.117. The Morgan fingerprint density at radius 3 is 2.09 bits per heavy atom. The predicted molar refractivity (Wildman–Crippen MR) is 132 cm³/mol. The number of aryl methyl sites for hydroxylation is 1. The van der Waals surface area contributed by atoms with Crippen LogP contribution in [0.2, 0.25) is 0 Å². The summed E-state index contributed by atoms with van der Waals surface area (Å²) in [7, 11) is 0. The van der Waals surface area contributed by atoms with Gasteiger partial charge in [0.05, 0.1) is 18.7 Å². The number of pyridine rings is 1. The number of carbonyl (C=O) groups excluding carboxylic acids is 1. The molecule has 1 amide bonds. The van der Waals surface area contributed by atoms with E-state index in [0.29, 0.717) is 5.82 Å². The molecule has 3 aromatic rings. The second kappa shape index (κ2) is 16.5. The normalized spacial score (nSPS) is 10.5. The van der Waals surface area contributed by atoms with Crippen molar-refractivity contribution in [3.63, 3.8) is 0 Å². The molecule has 1 aromatic carbocycles. The van der Waals surface area contributed by atoms with Crippen LogP contribution in [0.5, 0.6) is 0 Å². The Labute approximate surface area is 197 Å². The molecule has 0 unspecified atom stereocenters. The molecule has 7 nitrogen and oxygen atoms in total. The third-order valence-electron chi connectivity index (χ3n) is 5.27. The highest BCUT2D eigenvalue weighted by atomic mass is 16.1. The largest absolute Gasteiger partial charge is 0.369 e. The maximum atomic E-state index is 10.7. The van der Waals surface area contributed by atoms with Crippen molar-refractivity contribution in [3.05, 3.63) is 60.6 Å². The molecule has 0 radical (unpaired) electrons. The fourth-order valence-electron chi connectivity index (χ4n) is 3.48. The minimum atomic E-state index is -0.423. The van der Waals surface area contributed by atoms with E-state index in [4.69, 9.17) is 5.73 Å². The van der Waals surface area contributed by atoms with Gasteiger partial charge in [-0.15, -0.1) is 10.2 Å². The minimum Gasteiger partial charge on any atom is -0.369 e. The summed E-state index contributed by atoms with van der Waals surface area (Å²) in [5.74, 6) is -0.0111. The van der Waals surface area contributed by atoms with Gasteiger partial charge in [0.25, 0.3) is 0 Å². The number of aromatic nitrogens is 5. The van der Waals surface area contributed by atoms with Crippen LogP contribution in [0.25, 0.3) is 11.3 Å². The van der Waals surface area contributed by atoms with E-state index in [2.05, 4.69) is 39.5 Å². The Hall–Kier alpha value is -3.09. The van der Waals surface area contributed by atoms with Crippen LogP contribution in [0.1, 0.15) is 77.0 Å². The second-order valence-corrected chi connectivity index (χ2v) is 8.21. The van der Waals surface area contributed by atoms with Crippen LogP contribution in [0, 0.1) is 0 Å². The molecule has 2 heterocycles. The predicted octanol–water partition coefficient (Wildman–Crippen LogP) is 5.37. The number of hydrogen-bond acceptors (Lipinski definition) is 5. The van der Waals surface area contributed by atoms with Gasteiger partial charge in [-0.2, -0.15) is 4.80 Å². The second-order valence-electron chi connectivity index (χ2n) is 8.21. The van der Waals surface area contributed by atoms with Crippen LogP contribution in [-0.4, -0.2) is 31.1 Å². The molecule has 7 heteroatoms. The number of hydrogen-bond donors (Lipinski definition) is 1. The van der Waals surface area contributed by atoms with E-state index < -0.39 is 5.91 Å². The summed E-state index contributed by atoms with van der Waals surface area (Å²) >= 11 is 0. The number of rotatable bonds is 14. The number of benzene rings is 1. The highest BCUT2D eigenvalue weighted by Crippen LogP contribution is 2.14. The quantitative estimate of drug-likeness (QED) is 0.333. The van der Waals surface area contributed by atoms with Crippen molar-refractivity contribution in [2.45, 2.75) is 84.1 Å². The van der Waals surface area contributed by atoms with Crippen molar-refractivity contribution in [1.82, 2.24) is 25.2 Å². The summed E-state index contributed by atoms with van der Waals surface area (Å²) in [6.45, 7) is 3.02. The fourth-order valence-corrected chi connectivity index (χ4v) is 3.48. The molecule has 0 aliphatic carbocycles. The van der Waals surface area contributed by atoms with Crippen LogP contribution >= 0.6 is 0 Å². The molecule has 3 rings (SSSR count). The summed E-state index contributed by atoms with van der Waals surface area (Å²) in [6.07, 6.45) is 14.9. The number of nitrogens with two attached hydrogens (primary N) is 1. The summed E-state index contributed by atoms with van der Waals surface area (Å²) in [5, 5.41) is 11.8. The lowest BCUT2D eigenvalue weighted by Crippen LogP contribution is -2.14. The summed E-state index contributed by atoms with van der Waals surface area (Å²) in [6, 6.07) is 16.1. The van der Waals surface area contributed by atoms with Crippen molar-refractivity contribution >= 4 is 5.91 Å². The van der Waals surface area contributed by atoms with E-state index in [1.54, 1.807) is 4.80 Å². The maximum Gasteiger partial charge on any atom is 0.225 e. The van der Waals surface area contributed by atoms with Crippen LogP contribution in [0.4, 0.5) is 0 Å². The molecule has 2 aromatic heterocycles. The van der Waals surface area contributed by atoms with Crippen molar-refractivity contribution in [2.24, 2.45) is 5.73 Å². The van der Waals surface area contributed by atoms with E-state index in [1.807, 2.05) is 42.6 Å². The molecule has 0 aliphatic rings. The zero-order chi connectivity index (χ0) is 23.6. The molecule has 0 fully saturated rings. The first-order valence-electron chi connectivity index (χ1n) is 12.2. The fraction of sp³-hybridized carbons (Fsp3) is 0.500. The molecular weight excluding hydrogens is 412 g/mol. The Bertz CT molecular complexity index is 845. The number of primary amides is 1. The van der Waals surface area contributed by atoms with Crippen LogP contribution in [-0.2, 0) is 17.8 Å². The van der Waals surface area contributed by atoms with Gasteiger partial charge in [0.1, 0.15) is 0 Å². The van der Waals surface area contributed by atoms with E-state index in [1.165, 1.54) is 57.8 Å². The van der Waals surface area contributed by atoms with E-state index in [9.17, 15) is 4.79 Å². The topological polar surface area (TPSA) is 99.6 Å². The average molecular weight is 451 g/mol. The van der Waals surface area contributed by atoms with Gasteiger partial charge in [-0.3, -0.25) is 9.78 Å². The molecule has 0 bridgehead atoms. The number of carbonyl (C=O) groups is 1. The smallest absolute Gasteiger partial charge is 0.225 e. The zero-order valence-electron chi connectivity index (χ0n) is 19.9. The first-order chi connectivity index (χ1) is 16.2. The minimum absolute atomic E-state index is 0.0675. The Balaban J connectivity index is 0.000000268. The molecule has 0 saturated heterocycles. The average Bonchev–Trinajstić information content (AvgIpc) is 3.28. The number of amides is 1. The van der Waals surface area contributed by atoms with E-state index in [0.717, 1.165) is 24.2 Å². The van der Waals surface area contributed by atoms with Gasteiger partial charge < -0.3 is 5.73 Å². The molecular formula is C26H38N6O. The van der Waals surface area contributed by atoms with E-state index >= 15 is 0 Å². The molecule has 0 saturated carbocycles. The molecule has 0 spiro atoms. The van der Waals surface area contributed by atoms with Gasteiger partial charge in [-0.25, -0.2) is 0 Å². The SMILES string of the molecule is CCCCCCCCCCCCn1nnc(CC(N)=O)n1.c1ccc(-c2ccccn2)cc1. The van der Waals surface area contributed by atoms with Gasteiger partial charge >= 0.3 is 0 Å². The third-order valence-corrected chi connectivity index (χ3v) is 5.27. The molecule has 0 atom stereocenters. The standard InChI is InChI=1S/C15H29N5O.C11H9N/c1-2-3-4-5-6-7-8-9-10-11-12-20-18-15(17-19-20)13-14(16)21;1-2-6-10(7-3-1)11-8-4-5-9-12-11/h2-13H2,1H3,(H2,16,21);1-9H. The van der Waals surface area contributed by atoms with Crippen LogP contribution < -0.4 is 5.73 Å². The van der Waals surface area contributed by atoms with Gasteiger partial charge in [0, 0.05) is 11.8 Å². The first kappa shape index (κ1) is 26.2. The van der Waals surface area contributed by atoms with Crippen molar-refractivity contribution in [3.8, 4) is 11.3 Å². The van der Waals surface area contributed by atoms with E-state index in [-0.39, 0.29) is 6.42 Å². The molecule has 178 valence electrons. The number of nitrogens with zero attached hydrogens (tertiary/aromatic N) is 5. The highest BCUT2D eigenvalue weighted by molar-refractivity contribution is 5.75.